The van der Waals surface area contributed by atoms with Gasteiger partial charge >= 0.3 is 0 Å². The van der Waals surface area contributed by atoms with Gasteiger partial charge in [0.1, 0.15) is 12.4 Å². The second-order valence-electron chi connectivity index (χ2n) is 4.64. The average Bonchev–Trinajstić information content (AvgIpc) is 2.79. The van der Waals surface area contributed by atoms with Gasteiger partial charge in [0, 0.05) is 11.4 Å². The van der Waals surface area contributed by atoms with Crippen molar-refractivity contribution in [2.75, 3.05) is 6.61 Å². The molecule has 1 aliphatic rings. The molecule has 0 aromatic heterocycles. The normalized spacial score (nSPS) is 16.1. The van der Waals surface area contributed by atoms with E-state index in [1.807, 2.05) is 12.1 Å². The van der Waals surface area contributed by atoms with Gasteiger partial charge in [-0.25, -0.2) is 0 Å². The quantitative estimate of drug-likeness (QED) is 0.795. The Labute approximate surface area is 107 Å². The van der Waals surface area contributed by atoms with Crippen LogP contribution in [0.4, 0.5) is 0 Å². The summed E-state index contributed by atoms with van der Waals surface area (Å²) in [6, 6.07) is 7.15. The van der Waals surface area contributed by atoms with Gasteiger partial charge in [0.2, 0.25) is 0 Å². The monoisotopic (exact) mass is 252 g/mol. The number of hydrogen-bond acceptors (Lipinski definition) is 2. The van der Waals surface area contributed by atoms with Crippen molar-refractivity contribution in [3.63, 3.8) is 0 Å². The third-order valence-corrected chi connectivity index (χ3v) is 3.42. The lowest BCUT2D eigenvalue weighted by atomic mass is 10.0. The summed E-state index contributed by atoms with van der Waals surface area (Å²) in [5, 5.41) is 0.630. The third kappa shape index (κ3) is 4.04. The van der Waals surface area contributed by atoms with Crippen LogP contribution in [0.25, 0.3) is 0 Å². The van der Waals surface area contributed by atoms with Crippen LogP contribution in [-0.2, 0) is 4.79 Å². The minimum atomic E-state index is 0.164. The average molecular weight is 253 g/mol. The molecule has 1 saturated carbocycles. The zero-order chi connectivity index (χ0) is 12.1. The van der Waals surface area contributed by atoms with Crippen molar-refractivity contribution in [2.24, 2.45) is 5.92 Å². The molecule has 2 rings (SSSR count). The highest BCUT2D eigenvalue weighted by atomic mass is 35.5. The number of carbonyl (C=O) groups is 1. The summed E-state index contributed by atoms with van der Waals surface area (Å²) >= 11 is 5.83. The van der Waals surface area contributed by atoms with Crippen LogP contribution in [0.3, 0.4) is 0 Å². The molecule has 0 amide bonds. The first kappa shape index (κ1) is 12.4. The SMILES string of the molecule is O=C(COc1cccc(Cl)c1)CC1CCCC1. The van der Waals surface area contributed by atoms with Gasteiger partial charge in [-0.3, -0.25) is 4.79 Å². The number of rotatable bonds is 5. The fraction of sp³-hybridized carbons (Fsp3) is 0.500. The number of benzene rings is 1. The van der Waals surface area contributed by atoms with Crippen molar-refractivity contribution in [3.05, 3.63) is 29.3 Å². The molecular weight excluding hydrogens is 236 g/mol. The molecule has 1 fully saturated rings. The predicted octanol–water partition coefficient (Wildman–Crippen LogP) is 3.87. The van der Waals surface area contributed by atoms with Crippen LogP contribution in [0.5, 0.6) is 5.75 Å². The highest BCUT2D eigenvalue weighted by Gasteiger charge is 2.18. The molecule has 1 aromatic rings. The molecule has 0 heterocycles. The van der Waals surface area contributed by atoms with Crippen LogP contribution >= 0.6 is 11.6 Å². The molecule has 0 radical (unpaired) electrons. The fourth-order valence-corrected chi connectivity index (χ4v) is 2.50. The summed E-state index contributed by atoms with van der Waals surface area (Å²) in [4.78, 5) is 11.7. The largest absolute Gasteiger partial charge is 0.486 e. The molecular formula is C14H17ClO2. The van der Waals surface area contributed by atoms with Crippen LogP contribution in [0, 0.1) is 5.92 Å². The number of halogens is 1. The van der Waals surface area contributed by atoms with E-state index in [0.717, 1.165) is 0 Å². The Kier molecular flexibility index (Phi) is 4.43. The highest BCUT2D eigenvalue weighted by molar-refractivity contribution is 6.30. The van der Waals surface area contributed by atoms with E-state index < -0.39 is 0 Å². The number of hydrogen-bond donors (Lipinski definition) is 0. The Hall–Kier alpha value is -1.02. The van der Waals surface area contributed by atoms with E-state index in [-0.39, 0.29) is 12.4 Å². The molecule has 1 aliphatic carbocycles. The molecule has 0 bridgehead atoms. The second kappa shape index (κ2) is 6.06. The number of ether oxygens (including phenoxy) is 1. The molecule has 17 heavy (non-hydrogen) atoms. The number of ketones is 1. The zero-order valence-electron chi connectivity index (χ0n) is 9.82. The molecule has 0 atom stereocenters. The first-order chi connectivity index (χ1) is 8.24. The van der Waals surface area contributed by atoms with E-state index in [2.05, 4.69) is 0 Å². The molecule has 2 nitrogen and oxygen atoms in total. The van der Waals surface area contributed by atoms with Crippen LogP contribution in [0.2, 0.25) is 5.02 Å². The molecule has 1 aromatic carbocycles. The maximum atomic E-state index is 11.7. The fourth-order valence-electron chi connectivity index (χ4n) is 2.32. The number of carbonyl (C=O) groups excluding carboxylic acids is 1. The van der Waals surface area contributed by atoms with Crippen LogP contribution in [0.15, 0.2) is 24.3 Å². The molecule has 0 unspecified atom stereocenters. The molecule has 3 heteroatoms. The van der Waals surface area contributed by atoms with Crippen molar-refractivity contribution in [1.82, 2.24) is 0 Å². The Morgan fingerprint density at radius 1 is 1.35 bits per heavy atom. The topological polar surface area (TPSA) is 26.3 Å². The minimum Gasteiger partial charge on any atom is -0.486 e. The first-order valence-corrected chi connectivity index (χ1v) is 6.52. The van der Waals surface area contributed by atoms with Gasteiger partial charge in [-0.15, -0.1) is 0 Å². The van der Waals surface area contributed by atoms with Crippen molar-refractivity contribution < 1.29 is 9.53 Å². The number of Topliss-reactive ketones (excluding diaryl/α,β-unsaturated/α-hetero) is 1. The van der Waals surface area contributed by atoms with E-state index >= 15 is 0 Å². The standard InChI is InChI=1S/C14H17ClO2/c15-12-6-3-7-14(9-12)17-10-13(16)8-11-4-1-2-5-11/h3,6-7,9,11H,1-2,4-5,8,10H2. The lowest BCUT2D eigenvalue weighted by molar-refractivity contribution is -0.121. The van der Waals surface area contributed by atoms with E-state index in [1.165, 1.54) is 25.7 Å². The maximum absolute atomic E-state index is 11.7. The summed E-state index contributed by atoms with van der Waals surface area (Å²) in [5.41, 5.74) is 0. The lowest BCUT2D eigenvalue weighted by Gasteiger charge is -2.09. The predicted molar refractivity (Wildman–Crippen MR) is 68.5 cm³/mol. The zero-order valence-corrected chi connectivity index (χ0v) is 10.6. The van der Waals surface area contributed by atoms with Crippen molar-refractivity contribution >= 4 is 17.4 Å². The highest BCUT2D eigenvalue weighted by Crippen LogP contribution is 2.27. The van der Waals surface area contributed by atoms with Gasteiger partial charge in [-0.1, -0.05) is 43.4 Å². The van der Waals surface area contributed by atoms with Gasteiger partial charge in [0.15, 0.2) is 5.78 Å². The molecule has 0 N–H and O–H groups in total. The Balaban J connectivity index is 1.75. The van der Waals surface area contributed by atoms with Gasteiger partial charge in [0.05, 0.1) is 0 Å². The van der Waals surface area contributed by atoms with Crippen LogP contribution in [-0.4, -0.2) is 12.4 Å². The molecule has 0 saturated heterocycles. The Bertz CT molecular complexity index is 384. The third-order valence-electron chi connectivity index (χ3n) is 3.19. The van der Waals surface area contributed by atoms with Gasteiger partial charge < -0.3 is 4.74 Å². The van der Waals surface area contributed by atoms with E-state index in [0.29, 0.717) is 23.1 Å². The Morgan fingerprint density at radius 2 is 2.12 bits per heavy atom. The minimum absolute atomic E-state index is 0.164. The lowest BCUT2D eigenvalue weighted by Crippen LogP contribution is -2.14. The van der Waals surface area contributed by atoms with Crippen molar-refractivity contribution in [1.29, 1.82) is 0 Å². The summed E-state index contributed by atoms with van der Waals surface area (Å²) in [7, 11) is 0. The van der Waals surface area contributed by atoms with E-state index in [9.17, 15) is 4.79 Å². The molecule has 0 aliphatic heterocycles. The van der Waals surface area contributed by atoms with Gasteiger partial charge in [0.25, 0.3) is 0 Å². The first-order valence-electron chi connectivity index (χ1n) is 6.14. The van der Waals surface area contributed by atoms with Crippen molar-refractivity contribution in [2.45, 2.75) is 32.1 Å². The summed E-state index contributed by atoms with van der Waals surface area (Å²) in [5.74, 6) is 1.44. The van der Waals surface area contributed by atoms with Gasteiger partial charge in [-0.05, 0) is 24.1 Å². The van der Waals surface area contributed by atoms with E-state index in [4.69, 9.17) is 16.3 Å². The van der Waals surface area contributed by atoms with Crippen LogP contribution in [0.1, 0.15) is 32.1 Å². The molecule has 92 valence electrons. The van der Waals surface area contributed by atoms with Crippen LogP contribution < -0.4 is 4.74 Å². The van der Waals surface area contributed by atoms with Gasteiger partial charge in [-0.2, -0.15) is 0 Å². The second-order valence-corrected chi connectivity index (χ2v) is 5.08. The molecule has 0 spiro atoms. The summed E-state index contributed by atoms with van der Waals surface area (Å²) in [6.07, 6.45) is 5.60. The Morgan fingerprint density at radius 3 is 2.82 bits per heavy atom. The van der Waals surface area contributed by atoms with Crippen molar-refractivity contribution in [3.8, 4) is 5.75 Å². The van der Waals surface area contributed by atoms with E-state index in [1.54, 1.807) is 12.1 Å². The summed E-state index contributed by atoms with van der Waals surface area (Å²) in [6.45, 7) is 0.164. The smallest absolute Gasteiger partial charge is 0.170 e. The maximum Gasteiger partial charge on any atom is 0.170 e. The summed E-state index contributed by atoms with van der Waals surface area (Å²) < 4.78 is 5.42.